The van der Waals surface area contributed by atoms with E-state index in [9.17, 15) is 9.18 Å². The van der Waals surface area contributed by atoms with Crippen LogP contribution in [0.5, 0.6) is 5.75 Å². The van der Waals surface area contributed by atoms with Gasteiger partial charge < -0.3 is 14.2 Å². The first-order chi connectivity index (χ1) is 16.6. The van der Waals surface area contributed by atoms with Crippen LogP contribution in [0, 0.1) is 5.82 Å². The molecule has 0 saturated carbocycles. The van der Waals surface area contributed by atoms with Crippen LogP contribution in [0.2, 0.25) is 0 Å². The molecule has 4 nitrogen and oxygen atoms in total. The molecule has 0 radical (unpaired) electrons. The molecular formula is C29H29FN2O2. The summed E-state index contributed by atoms with van der Waals surface area (Å²) in [6.45, 7) is 2.17. The number of methoxy groups -OCH3 is 1. The Labute approximate surface area is 199 Å². The van der Waals surface area contributed by atoms with Gasteiger partial charge in [0.15, 0.2) is 0 Å². The van der Waals surface area contributed by atoms with Crippen LogP contribution in [0.4, 0.5) is 4.39 Å². The Morgan fingerprint density at radius 2 is 1.74 bits per heavy atom. The predicted molar refractivity (Wildman–Crippen MR) is 133 cm³/mol. The molecular weight excluding hydrogens is 427 g/mol. The number of hydrogen-bond acceptors (Lipinski definition) is 2. The number of benzene rings is 3. The molecule has 1 fully saturated rings. The topological polar surface area (TPSA) is 34.5 Å². The lowest BCUT2D eigenvalue weighted by Crippen LogP contribution is -2.38. The smallest absolute Gasteiger partial charge is 0.226 e. The minimum Gasteiger partial charge on any atom is -0.497 e. The number of hydrogen-bond donors (Lipinski definition) is 0. The fourth-order valence-corrected chi connectivity index (χ4v) is 5.03. The number of halogens is 1. The molecule has 174 valence electrons. The van der Waals surface area contributed by atoms with E-state index >= 15 is 0 Å². The fourth-order valence-electron chi connectivity index (χ4n) is 5.03. The second-order valence-electron chi connectivity index (χ2n) is 9.04. The number of ether oxygens (including phenoxy) is 1. The van der Waals surface area contributed by atoms with Crippen molar-refractivity contribution >= 4 is 16.8 Å². The molecule has 0 spiro atoms. The van der Waals surface area contributed by atoms with Gasteiger partial charge in [-0.1, -0.05) is 42.5 Å². The Kier molecular flexibility index (Phi) is 6.35. The van der Waals surface area contributed by atoms with E-state index in [1.807, 2.05) is 35.2 Å². The number of rotatable bonds is 6. The van der Waals surface area contributed by atoms with Gasteiger partial charge in [-0.3, -0.25) is 4.79 Å². The highest BCUT2D eigenvalue weighted by atomic mass is 19.1. The zero-order valence-electron chi connectivity index (χ0n) is 19.4. The van der Waals surface area contributed by atoms with Crippen molar-refractivity contribution in [3.8, 4) is 5.75 Å². The molecule has 34 heavy (non-hydrogen) atoms. The summed E-state index contributed by atoms with van der Waals surface area (Å²) in [5.74, 6) is 1.18. The first-order valence-corrected chi connectivity index (χ1v) is 11.8. The number of amides is 1. The summed E-state index contributed by atoms with van der Waals surface area (Å²) in [5, 5.41) is 1.25. The van der Waals surface area contributed by atoms with E-state index in [1.165, 1.54) is 22.5 Å². The van der Waals surface area contributed by atoms with Gasteiger partial charge in [0.1, 0.15) is 11.6 Å². The third kappa shape index (κ3) is 4.69. The zero-order valence-corrected chi connectivity index (χ0v) is 19.4. The minimum absolute atomic E-state index is 0.178. The van der Waals surface area contributed by atoms with Gasteiger partial charge >= 0.3 is 0 Å². The molecule has 5 rings (SSSR count). The Morgan fingerprint density at radius 3 is 2.47 bits per heavy atom. The van der Waals surface area contributed by atoms with Crippen LogP contribution in [-0.4, -0.2) is 35.6 Å². The quantitative estimate of drug-likeness (QED) is 0.368. The first kappa shape index (κ1) is 22.2. The summed E-state index contributed by atoms with van der Waals surface area (Å²) < 4.78 is 21.1. The number of likely N-dealkylation sites (tertiary alicyclic amines) is 1. The van der Waals surface area contributed by atoms with Gasteiger partial charge in [0, 0.05) is 36.7 Å². The lowest BCUT2D eigenvalue weighted by atomic mass is 9.89. The number of para-hydroxylation sites is 1. The number of piperidine rings is 1. The summed E-state index contributed by atoms with van der Waals surface area (Å²) in [7, 11) is 1.64. The lowest BCUT2D eigenvalue weighted by molar-refractivity contribution is -0.131. The molecule has 5 heteroatoms. The van der Waals surface area contributed by atoms with E-state index in [1.54, 1.807) is 19.2 Å². The molecule has 1 saturated heterocycles. The Morgan fingerprint density at radius 1 is 0.971 bits per heavy atom. The van der Waals surface area contributed by atoms with Gasteiger partial charge in [0.05, 0.1) is 13.5 Å². The van der Waals surface area contributed by atoms with E-state index < -0.39 is 0 Å². The SMILES string of the molecule is COc1ccc(CC(=O)N2CCC(c3cn(Cc4cccc(F)c4)c4ccccc34)CC2)cc1. The maximum Gasteiger partial charge on any atom is 0.226 e. The second kappa shape index (κ2) is 9.72. The maximum atomic E-state index is 13.7. The fraction of sp³-hybridized carbons (Fsp3) is 0.276. The van der Waals surface area contributed by atoms with E-state index in [0.717, 1.165) is 42.8 Å². The van der Waals surface area contributed by atoms with Gasteiger partial charge in [-0.2, -0.15) is 0 Å². The van der Waals surface area contributed by atoms with Crippen molar-refractivity contribution < 1.29 is 13.9 Å². The predicted octanol–water partition coefficient (Wildman–Crippen LogP) is 5.79. The molecule has 3 aromatic carbocycles. The largest absolute Gasteiger partial charge is 0.497 e. The van der Waals surface area contributed by atoms with Crippen molar-refractivity contribution in [2.45, 2.75) is 31.7 Å². The summed E-state index contributed by atoms with van der Waals surface area (Å²) in [5.41, 5.74) is 4.45. The zero-order chi connectivity index (χ0) is 23.5. The normalized spacial score (nSPS) is 14.5. The van der Waals surface area contributed by atoms with Crippen LogP contribution in [0.3, 0.4) is 0 Å². The van der Waals surface area contributed by atoms with E-state index in [4.69, 9.17) is 4.74 Å². The number of carbonyl (C=O) groups is 1. The van der Waals surface area contributed by atoms with Crippen LogP contribution < -0.4 is 4.74 Å². The van der Waals surface area contributed by atoms with Gasteiger partial charge in [-0.25, -0.2) is 4.39 Å². The molecule has 0 N–H and O–H groups in total. The maximum absolute atomic E-state index is 13.7. The molecule has 2 heterocycles. The summed E-state index contributed by atoms with van der Waals surface area (Å²) in [4.78, 5) is 14.9. The molecule has 1 aliphatic rings. The molecule has 1 aromatic heterocycles. The third-order valence-electron chi connectivity index (χ3n) is 6.86. The molecule has 0 unspecified atom stereocenters. The summed E-state index contributed by atoms with van der Waals surface area (Å²) in [6.07, 6.45) is 4.54. The highest BCUT2D eigenvalue weighted by molar-refractivity contribution is 5.85. The van der Waals surface area contributed by atoms with Crippen molar-refractivity contribution in [1.82, 2.24) is 9.47 Å². The van der Waals surface area contributed by atoms with Crippen molar-refractivity contribution in [3.63, 3.8) is 0 Å². The van der Waals surface area contributed by atoms with E-state index in [0.29, 0.717) is 18.9 Å². The Balaban J connectivity index is 1.28. The Bertz CT molecular complexity index is 1290. The van der Waals surface area contributed by atoms with Gasteiger partial charge in [0.25, 0.3) is 0 Å². The van der Waals surface area contributed by atoms with Crippen molar-refractivity contribution in [2.75, 3.05) is 20.2 Å². The highest BCUT2D eigenvalue weighted by Crippen LogP contribution is 2.35. The molecule has 1 aliphatic heterocycles. The molecule has 1 amide bonds. The van der Waals surface area contributed by atoms with Crippen molar-refractivity contribution in [1.29, 1.82) is 0 Å². The summed E-state index contributed by atoms with van der Waals surface area (Å²) in [6, 6.07) is 22.9. The van der Waals surface area contributed by atoms with Crippen molar-refractivity contribution in [3.05, 3.63) is 102 Å². The summed E-state index contributed by atoms with van der Waals surface area (Å²) >= 11 is 0. The first-order valence-electron chi connectivity index (χ1n) is 11.8. The number of fused-ring (bicyclic) bond motifs is 1. The van der Waals surface area contributed by atoms with E-state index in [-0.39, 0.29) is 11.7 Å². The third-order valence-corrected chi connectivity index (χ3v) is 6.86. The van der Waals surface area contributed by atoms with Gasteiger partial charge in [-0.15, -0.1) is 0 Å². The average Bonchev–Trinajstić information content (AvgIpc) is 3.23. The highest BCUT2D eigenvalue weighted by Gasteiger charge is 2.26. The van der Waals surface area contributed by atoms with Gasteiger partial charge in [-0.05, 0) is 65.8 Å². The molecule has 0 bridgehead atoms. The second-order valence-corrected chi connectivity index (χ2v) is 9.04. The van der Waals surface area contributed by atoms with Crippen LogP contribution in [-0.2, 0) is 17.8 Å². The average molecular weight is 457 g/mol. The standard InChI is InChI=1S/C29H29FN2O2/c1-34-25-11-9-21(10-12-25)18-29(33)31-15-13-23(14-16-31)27-20-32(28-8-3-2-7-26(27)28)19-22-5-4-6-24(30)17-22/h2-12,17,20,23H,13-16,18-19H2,1H3. The number of nitrogens with zero attached hydrogens (tertiary/aromatic N) is 2. The van der Waals surface area contributed by atoms with Crippen LogP contribution >= 0.6 is 0 Å². The van der Waals surface area contributed by atoms with Crippen molar-refractivity contribution in [2.24, 2.45) is 0 Å². The van der Waals surface area contributed by atoms with Gasteiger partial charge in [0.2, 0.25) is 5.91 Å². The monoisotopic (exact) mass is 456 g/mol. The van der Waals surface area contributed by atoms with Crippen LogP contribution in [0.1, 0.15) is 35.4 Å². The minimum atomic E-state index is -0.208. The van der Waals surface area contributed by atoms with E-state index in [2.05, 4.69) is 35.0 Å². The lowest BCUT2D eigenvalue weighted by Gasteiger charge is -2.32. The van der Waals surface area contributed by atoms with Crippen LogP contribution in [0.15, 0.2) is 79.0 Å². The molecule has 4 aromatic rings. The molecule has 0 atom stereocenters. The number of aromatic nitrogens is 1. The number of carbonyl (C=O) groups excluding carboxylic acids is 1. The van der Waals surface area contributed by atoms with Crippen LogP contribution in [0.25, 0.3) is 10.9 Å². The molecule has 0 aliphatic carbocycles. The Hall–Kier alpha value is -3.60.